The van der Waals surface area contributed by atoms with Crippen molar-refractivity contribution in [3.05, 3.63) is 26.4 Å². The Hall–Kier alpha value is -3.22. The van der Waals surface area contributed by atoms with Gasteiger partial charge in [-0.2, -0.15) is 0 Å². The van der Waals surface area contributed by atoms with Gasteiger partial charge >= 0.3 is 11.7 Å². The van der Waals surface area contributed by atoms with Crippen molar-refractivity contribution in [3.63, 3.8) is 0 Å². The molecule has 0 bridgehead atoms. The number of amidine groups is 1. The molecule has 2 aliphatic carbocycles. The van der Waals surface area contributed by atoms with Gasteiger partial charge in [-0.1, -0.05) is 12.8 Å². The normalized spacial score (nSPS) is 28.8. The average Bonchev–Trinajstić information content (AvgIpc) is 3.37. The molecule has 1 atom stereocenters. The van der Waals surface area contributed by atoms with Gasteiger partial charge in [-0.3, -0.25) is 29.0 Å². The second kappa shape index (κ2) is 10.3. The van der Waals surface area contributed by atoms with E-state index in [0.29, 0.717) is 64.7 Å². The molecule has 3 heterocycles. The molecule has 1 aromatic rings. The molecule has 0 unspecified atom stereocenters. The summed E-state index contributed by atoms with van der Waals surface area (Å²) in [6.07, 6.45) is 4.37. The number of halogens is 1. The maximum Gasteiger partial charge on any atom is 0.334 e. The lowest BCUT2D eigenvalue weighted by Gasteiger charge is -2.40. The zero-order valence-electron chi connectivity index (χ0n) is 23.2. The molecule has 4 aliphatic rings. The van der Waals surface area contributed by atoms with Crippen molar-refractivity contribution in [1.82, 2.24) is 18.9 Å². The fourth-order valence-corrected chi connectivity index (χ4v) is 7.06. The number of hydrogen-bond acceptors (Lipinski definition) is 7. The average molecular weight is 563 g/mol. The van der Waals surface area contributed by atoms with E-state index >= 15 is 4.39 Å². The Labute approximate surface area is 231 Å². The Balaban J connectivity index is 1.37. The number of aromatic nitrogens is 2. The highest BCUT2D eigenvalue weighted by Gasteiger charge is 2.54. The minimum absolute atomic E-state index is 0.0690. The van der Waals surface area contributed by atoms with Crippen LogP contribution in [0.2, 0.25) is 0 Å². The monoisotopic (exact) mass is 562 g/mol. The zero-order valence-corrected chi connectivity index (χ0v) is 23.2. The van der Waals surface area contributed by atoms with E-state index in [4.69, 9.17) is 15.9 Å². The predicted octanol–water partition coefficient (Wildman–Crippen LogP) is 1.70. The molecule has 5 rings (SSSR count). The van der Waals surface area contributed by atoms with Crippen molar-refractivity contribution in [2.24, 2.45) is 17.6 Å². The number of rotatable bonds is 8. The zero-order chi connectivity index (χ0) is 29.0. The summed E-state index contributed by atoms with van der Waals surface area (Å²) in [5.41, 5.74) is 0.801. The number of nitrogen functional groups attached to an aromatic ring is 1. The van der Waals surface area contributed by atoms with Crippen LogP contribution >= 0.6 is 0 Å². The van der Waals surface area contributed by atoms with Gasteiger partial charge in [0.25, 0.3) is 11.5 Å². The van der Waals surface area contributed by atoms with E-state index in [1.54, 1.807) is 11.8 Å². The number of likely N-dealkylation sites (N-methyl/N-ethyl adjacent to an activating group) is 1. The summed E-state index contributed by atoms with van der Waals surface area (Å²) in [4.78, 5) is 55.7. The molecule has 0 spiro atoms. The topological polar surface area (TPSA) is 164 Å². The highest BCUT2D eigenvalue weighted by molar-refractivity contribution is 6.06. The molecule has 13 heteroatoms. The van der Waals surface area contributed by atoms with Crippen LogP contribution in [0, 0.1) is 17.2 Å². The number of nitrogens with one attached hydrogen (secondary N) is 1. The molecule has 3 amide bonds. The van der Waals surface area contributed by atoms with Gasteiger partial charge in [0, 0.05) is 25.6 Å². The third-order valence-corrected chi connectivity index (χ3v) is 9.45. The van der Waals surface area contributed by atoms with Gasteiger partial charge in [-0.25, -0.2) is 14.0 Å². The Morgan fingerprint density at radius 2 is 1.73 bits per heavy atom. The highest BCUT2D eigenvalue weighted by Crippen LogP contribution is 2.41. The minimum Gasteiger partial charge on any atom is -0.494 e. The lowest BCUT2D eigenvalue weighted by molar-refractivity contribution is -0.133. The lowest BCUT2D eigenvalue weighted by Crippen LogP contribution is -2.52. The van der Waals surface area contributed by atoms with Crippen LogP contribution in [0.25, 0.3) is 0 Å². The number of carbonyl (C=O) groups is 2. The van der Waals surface area contributed by atoms with Crippen LogP contribution in [0.1, 0.15) is 76.3 Å². The van der Waals surface area contributed by atoms with Crippen LogP contribution in [0.5, 0.6) is 5.88 Å². The van der Waals surface area contributed by atoms with Crippen molar-refractivity contribution in [3.8, 4) is 5.88 Å². The first-order valence-corrected chi connectivity index (χ1v) is 14.2. The molecule has 1 aromatic heterocycles. The molecular formula is C27H39FN6O6. The SMILES string of the molecule is CN1C(=O)N(CC2COC2)[C@@](C)(CC2CCC(n3c(=O)c(C(=N)N)c(O)n(CC4(F)CCCC4)c3=O)CC2)C1=O. The molecule has 40 heavy (non-hydrogen) atoms. The molecule has 12 nitrogen and oxygen atoms in total. The van der Waals surface area contributed by atoms with Gasteiger partial charge in [0.1, 0.15) is 22.6 Å². The van der Waals surface area contributed by atoms with Gasteiger partial charge in [-0.05, 0) is 57.8 Å². The molecule has 4 fully saturated rings. The molecule has 2 saturated carbocycles. The van der Waals surface area contributed by atoms with Gasteiger partial charge in [0.05, 0.1) is 19.8 Å². The van der Waals surface area contributed by atoms with E-state index in [0.717, 1.165) is 9.13 Å². The predicted molar refractivity (Wildman–Crippen MR) is 143 cm³/mol. The van der Waals surface area contributed by atoms with Gasteiger partial charge in [-0.15, -0.1) is 0 Å². The maximum atomic E-state index is 15.4. The number of nitrogens with zero attached hydrogens (tertiary/aromatic N) is 4. The Morgan fingerprint density at radius 1 is 1.10 bits per heavy atom. The fourth-order valence-electron chi connectivity index (χ4n) is 7.06. The first-order valence-electron chi connectivity index (χ1n) is 14.2. The van der Waals surface area contributed by atoms with Crippen molar-refractivity contribution in [2.75, 3.05) is 26.8 Å². The standard InChI is InChI=1S/C27H39FN6O6/c1-26(23(37)31(2)24(38)33(26)12-17-13-40-14-17)11-16-5-7-18(8-6-16)34-22(36)19(20(29)30)21(35)32(25(34)39)15-27(28)9-3-4-10-27/h16-18,35H,3-15H2,1-2H3,(H3,29,30)/t16?,18?,26-/m0/s1. The lowest BCUT2D eigenvalue weighted by atomic mass is 9.77. The van der Waals surface area contributed by atoms with Crippen LogP contribution < -0.4 is 17.0 Å². The number of aromatic hydroxyl groups is 1. The number of alkyl halides is 1. The summed E-state index contributed by atoms with van der Waals surface area (Å²) in [6.45, 7) is 2.98. The van der Waals surface area contributed by atoms with E-state index < -0.39 is 52.3 Å². The number of urea groups is 1. The number of imide groups is 1. The van der Waals surface area contributed by atoms with E-state index in [9.17, 15) is 24.3 Å². The van der Waals surface area contributed by atoms with Crippen LogP contribution in [-0.2, 0) is 16.1 Å². The maximum absolute atomic E-state index is 15.4. The number of nitrogens with two attached hydrogens (primary N) is 1. The molecule has 220 valence electrons. The summed E-state index contributed by atoms with van der Waals surface area (Å²) in [5.74, 6) is -1.42. The van der Waals surface area contributed by atoms with Gasteiger partial charge < -0.3 is 20.5 Å². The summed E-state index contributed by atoms with van der Waals surface area (Å²) >= 11 is 0. The van der Waals surface area contributed by atoms with Gasteiger partial charge in [0.2, 0.25) is 5.88 Å². The molecular weight excluding hydrogens is 523 g/mol. The Morgan fingerprint density at radius 3 is 2.27 bits per heavy atom. The van der Waals surface area contributed by atoms with Crippen LogP contribution in [-0.4, -0.2) is 79.8 Å². The van der Waals surface area contributed by atoms with Gasteiger partial charge in [0.15, 0.2) is 0 Å². The highest BCUT2D eigenvalue weighted by atomic mass is 19.1. The second-order valence-electron chi connectivity index (χ2n) is 12.3. The Bertz CT molecular complexity index is 1320. The second-order valence-corrected chi connectivity index (χ2v) is 12.3. The fraction of sp³-hybridized carbons (Fsp3) is 0.741. The largest absolute Gasteiger partial charge is 0.494 e. The quantitative estimate of drug-likeness (QED) is 0.247. The third-order valence-electron chi connectivity index (χ3n) is 9.45. The van der Waals surface area contributed by atoms with Crippen molar-refractivity contribution < 1.29 is 23.8 Å². The first kappa shape index (κ1) is 28.3. The molecule has 2 saturated heterocycles. The Kier molecular flexibility index (Phi) is 7.30. The number of hydrogen-bond donors (Lipinski definition) is 3. The van der Waals surface area contributed by atoms with Crippen LogP contribution in [0.3, 0.4) is 0 Å². The first-order chi connectivity index (χ1) is 18.9. The molecule has 4 N–H and O–H groups in total. The van der Waals surface area contributed by atoms with Crippen molar-refractivity contribution in [1.29, 1.82) is 5.41 Å². The number of carbonyl (C=O) groups excluding carboxylic acids is 2. The molecule has 0 aromatic carbocycles. The van der Waals surface area contributed by atoms with E-state index in [-0.39, 0.29) is 36.6 Å². The summed E-state index contributed by atoms with van der Waals surface area (Å²) < 4.78 is 22.5. The smallest absolute Gasteiger partial charge is 0.334 e. The van der Waals surface area contributed by atoms with Crippen LogP contribution in [0.15, 0.2) is 9.59 Å². The summed E-state index contributed by atoms with van der Waals surface area (Å²) in [7, 11) is 1.50. The number of ether oxygens (including phenoxy) is 1. The third kappa shape index (κ3) is 4.71. The van der Waals surface area contributed by atoms with E-state index in [1.807, 2.05) is 0 Å². The van der Waals surface area contributed by atoms with Crippen molar-refractivity contribution >= 4 is 17.8 Å². The number of amides is 3. The van der Waals surface area contributed by atoms with Crippen LogP contribution in [0.4, 0.5) is 9.18 Å². The summed E-state index contributed by atoms with van der Waals surface area (Å²) in [6, 6.07) is -0.839. The minimum atomic E-state index is -1.68. The van der Waals surface area contributed by atoms with E-state index in [1.165, 1.54) is 11.9 Å². The molecule has 2 aliphatic heterocycles. The van der Waals surface area contributed by atoms with E-state index in [2.05, 4.69) is 0 Å². The summed E-state index contributed by atoms with van der Waals surface area (Å²) in [5, 5.41) is 18.6. The molecule has 0 radical (unpaired) electrons. The van der Waals surface area contributed by atoms with Crippen molar-refractivity contribution in [2.45, 2.75) is 88.5 Å².